The van der Waals surface area contributed by atoms with Crippen molar-refractivity contribution in [1.29, 1.82) is 0 Å². The van der Waals surface area contributed by atoms with Crippen LogP contribution in [-0.2, 0) is 0 Å². The lowest BCUT2D eigenvalue weighted by Gasteiger charge is -2.19. The van der Waals surface area contributed by atoms with Crippen LogP contribution in [0, 0.1) is 5.82 Å². The zero-order chi connectivity index (χ0) is 14.7. The fraction of sp³-hybridized carbons (Fsp3) is 0.455. The summed E-state index contributed by atoms with van der Waals surface area (Å²) in [7, 11) is 1.65. The largest absolute Gasteiger partial charge is 0.491 e. The summed E-state index contributed by atoms with van der Waals surface area (Å²) >= 11 is 0. The molecule has 0 fully saturated rings. The van der Waals surface area contributed by atoms with Crippen LogP contribution in [0.2, 0.25) is 0 Å². The van der Waals surface area contributed by atoms with Gasteiger partial charge < -0.3 is 4.74 Å². The van der Waals surface area contributed by atoms with E-state index in [4.69, 9.17) is 4.74 Å². The Labute approximate surface area is 107 Å². The molecule has 106 valence electrons. The van der Waals surface area contributed by atoms with E-state index in [0.717, 1.165) is 0 Å². The smallest absolute Gasteiger partial charge is 0.453 e. The van der Waals surface area contributed by atoms with E-state index in [9.17, 15) is 26.3 Å². The zero-order valence-electron chi connectivity index (χ0n) is 10.0. The molecule has 1 aromatic carbocycles. The summed E-state index contributed by atoms with van der Waals surface area (Å²) in [5.74, 6) is -5.59. The molecule has 1 nitrogen and oxygen atoms in total. The van der Waals surface area contributed by atoms with E-state index < -0.39 is 37.4 Å². The summed E-state index contributed by atoms with van der Waals surface area (Å²) in [4.78, 5) is 0. The van der Waals surface area contributed by atoms with E-state index >= 15 is 0 Å². The molecule has 1 aromatic rings. The van der Waals surface area contributed by atoms with E-state index in [1.54, 1.807) is 13.9 Å². The van der Waals surface area contributed by atoms with Gasteiger partial charge >= 0.3 is 12.1 Å². The minimum atomic E-state index is -5.57. The van der Waals surface area contributed by atoms with Crippen LogP contribution in [0.1, 0.15) is 12.8 Å². The average Bonchev–Trinajstić information content (AvgIpc) is 2.25. The zero-order valence-corrected chi connectivity index (χ0v) is 10.0. The Morgan fingerprint density at radius 2 is 1.74 bits per heavy atom. The van der Waals surface area contributed by atoms with Crippen LogP contribution >= 0.6 is 0 Å². The van der Waals surface area contributed by atoms with Crippen molar-refractivity contribution >= 4 is 13.3 Å². The first-order chi connectivity index (χ1) is 8.63. The summed E-state index contributed by atoms with van der Waals surface area (Å²) in [6.45, 7) is -0.411. The highest BCUT2D eigenvalue weighted by molar-refractivity contribution is 6.32. The minimum absolute atomic E-state index is 0.166. The van der Waals surface area contributed by atoms with Crippen LogP contribution < -0.4 is 10.2 Å². The highest BCUT2D eigenvalue weighted by Crippen LogP contribution is 2.38. The number of rotatable bonds is 5. The SMILES string of the molecule is Bc1ccc(OCCCC(F)(F)C(F)(F)F)c(F)c1. The summed E-state index contributed by atoms with van der Waals surface area (Å²) in [6.07, 6.45) is -7.48. The molecule has 0 unspecified atom stereocenters. The van der Waals surface area contributed by atoms with E-state index in [1.165, 1.54) is 12.1 Å². The molecule has 0 heterocycles. The second-order valence-corrected chi connectivity index (χ2v) is 4.09. The van der Waals surface area contributed by atoms with Crippen molar-refractivity contribution in [3.05, 3.63) is 24.0 Å². The maximum Gasteiger partial charge on any atom is 0.453 e. The lowest BCUT2D eigenvalue weighted by molar-refractivity contribution is -0.284. The molecule has 0 saturated heterocycles. The summed E-state index contributed by atoms with van der Waals surface area (Å²) < 4.78 is 78.7. The molecule has 0 aliphatic carbocycles. The van der Waals surface area contributed by atoms with Gasteiger partial charge in [-0.15, -0.1) is 0 Å². The predicted octanol–water partition coefficient (Wildman–Crippen LogP) is 2.44. The van der Waals surface area contributed by atoms with Gasteiger partial charge in [0.15, 0.2) is 11.6 Å². The fourth-order valence-corrected chi connectivity index (χ4v) is 1.34. The normalized spacial score (nSPS) is 12.5. The minimum Gasteiger partial charge on any atom is -0.491 e. The van der Waals surface area contributed by atoms with Crippen molar-refractivity contribution in [1.82, 2.24) is 0 Å². The van der Waals surface area contributed by atoms with Gasteiger partial charge in [-0.2, -0.15) is 22.0 Å². The molecular weight excluding hydrogens is 273 g/mol. The van der Waals surface area contributed by atoms with E-state index in [2.05, 4.69) is 0 Å². The van der Waals surface area contributed by atoms with E-state index in [-0.39, 0.29) is 5.75 Å². The van der Waals surface area contributed by atoms with Crippen LogP contribution in [0.15, 0.2) is 18.2 Å². The van der Waals surface area contributed by atoms with Crippen LogP contribution in [0.5, 0.6) is 5.75 Å². The molecule has 0 aliphatic heterocycles. The maximum atomic E-state index is 13.2. The highest BCUT2D eigenvalue weighted by atomic mass is 19.4. The number of alkyl halides is 5. The number of benzene rings is 1. The third kappa shape index (κ3) is 4.36. The van der Waals surface area contributed by atoms with Gasteiger partial charge in [0.05, 0.1) is 6.61 Å². The van der Waals surface area contributed by atoms with Crippen molar-refractivity contribution in [2.75, 3.05) is 6.61 Å². The number of hydrogen-bond acceptors (Lipinski definition) is 1. The van der Waals surface area contributed by atoms with Crippen LogP contribution in [0.4, 0.5) is 26.3 Å². The molecule has 19 heavy (non-hydrogen) atoms. The molecule has 0 radical (unpaired) electrons. The average molecular weight is 284 g/mol. The molecule has 0 atom stereocenters. The number of halogens is 6. The van der Waals surface area contributed by atoms with Crippen LogP contribution in [0.3, 0.4) is 0 Å². The first-order valence-corrected chi connectivity index (χ1v) is 5.47. The van der Waals surface area contributed by atoms with E-state index in [0.29, 0.717) is 5.46 Å². The molecule has 0 bridgehead atoms. The first-order valence-electron chi connectivity index (χ1n) is 5.47. The topological polar surface area (TPSA) is 9.23 Å². The molecule has 1 rings (SSSR count). The van der Waals surface area contributed by atoms with Crippen molar-refractivity contribution in [3.63, 3.8) is 0 Å². The monoisotopic (exact) mass is 284 g/mol. The second kappa shape index (κ2) is 5.75. The maximum absolute atomic E-state index is 13.2. The summed E-state index contributed by atoms with van der Waals surface area (Å²) in [5.41, 5.74) is 0.647. The summed E-state index contributed by atoms with van der Waals surface area (Å²) in [6, 6.07) is 4.02. The third-order valence-corrected chi connectivity index (χ3v) is 2.39. The number of ether oxygens (including phenoxy) is 1. The quantitative estimate of drug-likeness (QED) is 0.458. The molecule has 0 saturated carbocycles. The van der Waals surface area contributed by atoms with Crippen molar-refractivity contribution in [2.45, 2.75) is 24.9 Å². The molecule has 0 aliphatic rings. The van der Waals surface area contributed by atoms with Gasteiger partial charge in [-0.1, -0.05) is 11.5 Å². The molecular formula is C11H11BF6O. The lowest BCUT2D eigenvalue weighted by Crippen LogP contribution is -2.36. The van der Waals surface area contributed by atoms with Crippen LogP contribution in [-0.4, -0.2) is 26.6 Å². The third-order valence-electron chi connectivity index (χ3n) is 2.39. The van der Waals surface area contributed by atoms with E-state index in [1.807, 2.05) is 0 Å². The van der Waals surface area contributed by atoms with Crippen molar-refractivity contribution in [3.8, 4) is 5.75 Å². The van der Waals surface area contributed by atoms with Gasteiger partial charge in [-0.05, 0) is 18.6 Å². The Kier molecular flexibility index (Phi) is 4.76. The van der Waals surface area contributed by atoms with Crippen molar-refractivity contribution < 1.29 is 31.1 Å². The Morgan fingerprint density at radius 1 is 1.11 bits per heavy atom. The second-order valence-electron chi connectivity index (χ2n) is 4.09. The van der Waals surface area contributed by atoms with Crippen LogP contribution in [0.25, 0.3) is 0 Å². The predicted molar refractivity (Wildman–Crippen MR) is 60.3 cm³/mol. The summed E-state index contributed by atoms with van der Waals surface area (Å²) in [5, 5.41) is 0. The van der Waals surface area contributed by atoms with Gasteiger partial charge in [0.1, 0.15) is 7.85 Å². The lowest BCUT2D eigenvalue weighted by atomic mass is 9.96. The Hall–Kier alpha value is -1.34. The van der Waals surface area contributed by atoms with Gasteiger partial charge in [0.25, 0.3) is 0 Å². The van der Waals surface area contributed by atoms with Gasteiger partial charge in [0, 0.05) is 6.42 Å². The van der Waals surface area contributed by atoms with Gasteiger partial charge in [-0.3, -0.25) is 0 Å². The Bertz CT molecular complexity index is 432. The van der Waals surface area contributed by atoms with Crippen molar-refractivity contribution in [2.24, 2.45) is 0 Å². The van der Waals surface area contributed by atoms with Gasteiger partial charge in [-0.25, -0.2) is 4.39 Å². The molecule has 8 heteroatoms. The Morgan fingerprint density at radius 3 is 2.26 bits per heavy atom. The standard InChI is InChI=1S/C11H11BF6O/c12-7-2-3-9(8(13)6-7)19-5-1-4-10(14,15)11(16,17)18/h2-3,6H,1,4-5,12H2. The molecule has 0 amide bonds. The molecule has 0 aromatic heterocycles. The fourth-order valence-electron chi connectivity index (χ4n) is 1.34. The first kappa shape index (κ1) is 15.7. The number of hydrogen-bond donors (Lipinski definition) is 0. The van der Waals surface area contributed by atoms with Gasteiger partial charge in [0.2, 0.25) is 0 Å². The Balaban J connectivity index is 2.43. The highest BCUT2D eigenvalue weighted by Gasteiger charge is 2.56. The molecule has 0 spiro atoms. The molecule has 0 N–H and O–H groups in total.